The first kappa shape index (κ1) is 18.6. The van der Waals surface area contributed by atoms with Crippen LogP contribution in [0, 0.1) is 11.6 Å². The minimum Gasteiger partial charge on any atom is -0.444 e. The predicted molar refractivity (Wildman–Crippen MR) is 87.7 cm³/mol. The Hall–Kier alpha value is -1.70. The highest BCUT2D eigenvalue weighted by Crippen LogP contribution is 2.24. The average molecular weight is 405 g/mol. The number of rotatable bonds is 2. The van der Waals surface area contributed by atoms with Crippen molar-refractivity contribution in [2.45, 2.75) is 38.8 Å². The van der Waals surface area contributed by atoms with Gasteiger partial charge in [-0.3, -0.25) is 4.79 Å². The molecule has 132 valence electrons. The summed E-state index contributed by atoms with van der Waals surface area (Å²) in [5, 5.41) is 2.63. The molecule has 1 atom stereocenters. The number of benzene rings is 1. The molecule has 8 heteroatoms. The summed E-state index contributed by atoms with van der Waals surface area (Å²) in [6, 6.07) is 1.49. The second-order valence-electron chi connectivity index (χ2n) is 6.60. The van der Waals surface area contributed by atoms with E-state index in [2.05, 4.69) is 21.2 Å². The maximum absolute atomic E-state index is 13.8. The Balaban J connectivity index is 2.00. The Morgan fingerprint density at radius 1 is 1.29 bits per heavy atom. The van der Waals surface area contributed by atoms with Gasteiger partial charge in [-0.1, -0.05) is 0 Å². The summed E-state index contributed by atoms with van der Waals surface area (Å²) in [7, 11) is 0. The van der Waals surface area contributed by atoms with Gasteiger partial charge < -0.3 is 15.0 Å². The monoisotopic (exact) mass is 404 g/mol. The van der Waals surface area contributed by atoms with Crippen molar-refractivity contribution in [1.82, 2.24) is 10.2 Å². The van der Waals surface area contributed by atoms with Gasteiger partial charge in [0.1, 0.15) is 17.2 Å². The number of hydrogen-bond acceptors (Lipinski definition) is 3. The second-order valence-corrected chi connectivity index (χ2v) is 7.40. The quantitative estimate of drug-likeness (QED) is 0.767. The summed E-state index contributed by atoms with van der Waals surface area (Å²) in [6.07, 6.45) is 0.0527. The summed E-state index contributed by atoms with van der Waals surface area (Å²) in [6.45, 7) is 5.99. The molecule has 0 saturated carbocycles. The van der Waals surface area contributed by atoms with Gasteiger partial charge in [0.15, 0.2) is 0 Å². The third kappa shape index (κ3) is 4.43. The fraction of sp³-hybridized carbons (Fsp3) is 0.500. The number of carbonyl (C=O) groups is 2. The van der Waals surface area contributed by atoms with Gasteiger partial charge in [0, 0.05) is 19.1 Å². The number of amides is 2. The van der Waals surface area contributed by atoms with Gasteiger partial charge in [-0.15, -0.1) is 0 Å². The zero-order valence-corrected chi connectivity index (χ0v) is 15.2. The molecule has 1 fully saturated rings. The third-order valence-corrected chi connectivity index (χ3v) is 4.22. The highest BCUT2D eigenvalue weighted by molar-refractivity contribution is 9.10. The lowest BCUT2D eigenvalue weighted by atomic mass is 10.1. The van der Waals surface area contributed by atoms with Crippen molar-refractivity contribution >= 4 is 27.9 Å². The van der Waals surface area contributed by atoms with Gasteiger partial charge in [0.05, 0.1) is 10.0 Å². The number of hydrogen-bond donors (Lipinski definition) is 1. The van der Waals surface area contributed by atoms with Crippen LogP contribution in [0.1, 0.15) is 37.6 Å². The first-order valence-corrected chi connectivity index (χ1v) is 8.30. The number of nitrogens with one attached hydrogen (secondary N) is 1. The summed E-state index contributed by atoms with van der Waals surface area (Å²) >= 11 is 2.89. The molecule has 0 aliphatic carbocycles. The van der Waals surface area contributed by atoms with Gasteiger partial charge in [-0.25, -0.2) is 13.6 Å². The van der Waals surface area contributed by atoms with E-state index in [0.29, 0.717) is 13.0 Å². The molecular weight excluding hydrogens is 386 g/mol. The SMILES string of the molecule is CC(C)(C)OC(=O)N1CCC(NC(=O)c2c(F)ccc(F)c2Br)C1. The third-order valence-electron chi connectivity index (χ3n) is 3.45. The van der Waals surface area contributed by atoms with Crippen LogP contribution in [-0.2, 0) is 4.74 Å². The van der Waals surface area contributed by atoms with E-state index in [0.717, 1.165) is 12.1 Å². The lowest BCUT2D eigenvalue weighted by molar-refractivity contribution is 0.0290. The van der Waals surface area contributed by atoms with Crippen LogP contribution in [0.5, 0.6) is 0 Å². The van der Waals surface area contributed by atoms with Gasteiger partial charge in [-0.2, -0.15) is 0 Å². The number of ether oxygens (including phenoxy) is 1. The molecule has 0 spiro atoms. The van der Waals surface area contributed by atoms with E-state index in [1.807, 2.05) is 0 Å². The fourth-order valence-corrected chi connectivity index (χ4v) is 2.86. The Bertz CT molecular complexity index is 661. The van der Waals surface area contributed by atoms with Crippen LogP contribution < -0.4 is 5.32 Å². The molecule has 2 rings (SSSR count). The summed E-state index contributed by atoms with van der Waals surface area (Å²) < 4.78 is 32.3. The Morgan fingerprint density at radius 2 is 1.92 bits per heavy atom. The van der Waals surface area contributed by atoms with Crippen molar-refractivity contribution in [2.24, 2.45) is 0 Å². The minimum atomic E-state index is -0.817. The topological polar surface area (TPSA) is 58.6 Å². The maximum atomic E-state index is 13.8. The molecule has 2 amide bonds. The van der Waals surface area contributed by atoms with Gasteiger partial charge >= 0.3 is 6.09 Å². The first-order chi connectivity index (χ1) is 11.1. The molecule has 1 N–H and O–H groups in total. The normalized spacial score (nSPS) is 17.8. The number of likely N-dealkylation sites (tertiary alicyclic amines) is 1. The van der Waals surface area contributed by atoms with Crippen LogP contribution in [0.3, 0.4) is 0 Å². The largest absolute Gasteiger partial charge is 0.444 e. The van der Waals surface area contributed by atoms with E-state index >= 15 is 0 Å². The molecule has 5 nitrogen and oxygen atoms in total. The number of halogens is 3. The van der Waals surface area contributed by atoms with Crippen molar-refractivity contribution in [3.63, 3.8) is 0 Å². The lowest BCUT2D eigenvalue weighted by Gasteiger charge is -2.24. The first-order valence-electron chi connectivity index (χ1n) is 7.51. The van der Waals surface area contributed by atoms with E-state index in [-0.39, 0.29) is 22.6 Å². The molecule has 0 aromatic heterocycles. The standard InChI is InChI=1S/C16H19BrF2N2O3/c1-16(2,3)24-15(23)21-7-6-9(8-21)20-14(22)12-10(18)4-5-11(19)13(12)17/h4-5,9H,6-8H2,1-3H3,(H,20,22). The number of nitrogens with zero attached hydrogens (tertiary/aromatic N) is 1. The van der Waals surface area contributed by atoms with Crippen molar-refractivity contribution in [1.29, 1.82) is 0 Å². The smallest absolute Gasteiger partial charge is 0.410 e. The van der Waals surface area contributed by atoms with Crippen molar-refractivity contribution in [3.8, 4) is 0 Å². The number of carbonyl (C=O) groups excluding carboxylic acids is 2. The molecule has 1 aromatic carbocycles. The van der Waals surface area contributed by atoms with Crippen LogP contribution in [0.2, 0.25) is 0 Å². The van der Waals surface area contributed by atoms with Gasteiger partial charge in [-0.05, 0) is 55.3 Å². The van der Waals surface area contributed by atoms with Crippen molar-refractivity contribution in [3.05, 3.63) is 33.8 Å². The minimum absolute atomic E-state index is 0.220. The molecule has 1 heterocycles. The van der Waals surface area contributed by atoms with E-state index < -0.39 is 29.2 Å². The van der Waals surface area contributed by atoms with Crippen LogP contribution in [0.15, 0.2) is 16.6 Å². The van der Waals surface area contributed by atoms with Crippen LogP contribution >= 0.6 is 15.9 Å². The highest BCUT2D eigenvalue weighted by Gasteiger charge is 2.31. The molecule has 1 unspecified atom stereocenters. The van der Waals surface area contributed by atoms with Crippen LogP contribution in [0.25, 0.3) is 0 Å². The molecule has 1 saturated heterocycles. The van der Waals surface area contributed by atoms with Crippen molar-refractivity contribution in [2.75, 3.05) is 13.1 Å². The van der Waals surface area contributed by atoms with E-state index in [1.54, 1.807) is 20.8 Å². The highest BCUT2D eigenvalue weighted by atomic mass is 79.9. The predicted octanol–water partition coefficient (Wildman–Crippen LogP) is 3.47. The molecule has 0 radical (unpaired) electrons. The summed E-state index contributed by atoms with van der Waals surface area (Å²) in [5.74, 6) is -2.26. The molecule has 1 aromatic rings. The maximum Gasteiger partial charge on any atom is 0.410 e. The molecule has 1 aliphatic heterocycles. The van der Waals surface area contributed by atoms with Gasteiger partial charge in [0.25, 0.3) is 5.91 Å². The Morgan fingerprint density at radius 3 is 2.54 bits per heavy atom. The molecule has 24 heavy (non-hydrogen) atoms. The summed E-state index contributed by atoms with van der Waals surface area (Å²) in [4.78, 5) is 25.7. The van der Waals surface area contributed by atoms with E-state index in [1.165, 1.54) is 4.90 Å². The van der Waals surface area contributed by atoms with E-state index in [4.69, 9.17) is 4.74 Å². The summed E-state index contributed by atoms with van der Waals surface area (Å²) in [5.41, 5.74) is -0.987. The lowest BCUT2D eigenvalue weighted by Crippen LogP contribution is -2.40. The van der Waals surface area contributed by atoms with Gasteiger partial charge in [0.2, 0.25) is 0 Å². The zero-order valence-electron chi connectivity index (χ0n) is 13.7. The molecule has 1 aliphatic rings. The Labute approximate surface area is 147 Å². The average Bonchev–Trinajstić information content (AvgIpc) is 2.90. The second kappa shape index (κ2) is 7.04. The fourth-order valence-electron chi connectivity index (χ4n) is 2.36. The van der Waals surface area contributed by atoms with Crippen molar-refractivity contribution < 1.29 is 23.1 Å². The Kier molecular flexibility index (Phi) is 5.47. The molecular formula is C16H19BrF2N2O3. The molecule has 0 bridgehead atoms. The van der Waals surface area contributed by atoms with E-state index in [9.17, 15) is 18.4 Å². The van der Waals surface area contributed by atoms with Crippen LogP contribution in [0.4, 0.5) is 13.6 Å². The van der Waals surface area contributed by atoms with Crippen LogP contribution in [-0.4, -0.2) is 41.6 Å². The zero-order chi connectivity index (χ0) is 18.1.